The van der Waals surface area contributed by atoms with Gasteiger partial charge in [0, 0.05) is 23.7 Å². The Hall–Kier alpha value is -0.0600. The molecule has 1 aromatic heterocycles. The zero-order chi connectivity index (χ0) is 10.4. The van der Waals surface area contributed by atoms with Gasteiger partial charge < -0.3 is 10.4 Å². The number of thiophene rings is 1. The van der Waals surface area contributed by atoms with Gasteiger partial charge in [-0.25, -0.2) is 0 Å². The van der Waals surface area contributed by atoms with Crippen LogP contribution in [0.15, 0.2) is 27.4 Å². The number of hydrogen-bond acceptors (Lipinski definition) is 3. The Kier molecular flexibility index (Phi) is 5.52. The molecule has 2 N–H and O–H groups in total. The highest BCUT2D eigenvalue weighted by molar-refractivity contribution is 7.07. The molecule has 0 radical (unpaired) electrons. The molecule has 0 aliphatic rings. The van der Waals surface area contributed by atoms with E-state index in [1.54, 1.807) is 11.3 Å². The lowest BCUT2D eigenvalue weighted by Crippen LogP contribution is -2.22. The zero-order valence-corrected chi connectivity index (χ0v) is 9.74. The molecule has 0 aliphatic heterocycles. The van der Waals surface area contributed by atoms with Crippen molar-refractivity contribution in [3.63, 3.8) is 0 Å². The largest absolute Gasteiger partial charge is 0.387 e. The van der Waals surface area contributed by atoms with E-state index in [2.05, 4.69) is 5.32 Å². The van der Waals surface area contributed by atoms with Crippen molar-refractivity contribution in [2.75, 3.05) is 13.1 Å². The highest BCUT2D eigenvalue weighted by Gasteiger charge is 2.06. The van der Waals surface area contributed by atoms with Crippen LogP contribution in [0.3, 0.4) is 0 Å². The van der Waals surface area contributed by atoms with Crippen molar-refractivity contribution in [3.8, 4) is 0 Å². The minimum absolute atomic E-state index is 0.470. The van der Waals surface area contributed by atoms with Crippen LogP contribution >= 0.6 is 34.5 Å². The summed E-state index contributed by atoms with van der Waals surface area (Å²) in [5, 5.41) is 17.0. The second-order valence-electron chi connectivity index (χ2n) is 2.76. The van der Waals surface area contributed by atoms with Crippen molar-refractivity contribution < 1.29 is 5.11 Å². The molecular formula is C9H11Cl2NOS. The summed E-state index contributed by atoms with van der Waals surface area (Å²) >= 11 is 12.6. The first-order valence-electron chi connectivity index (χ1n) is 4.09. The van der Waals surface area contributed by atoms with Crippen LogP contribution in [0.1, 0.15) is 11.7 Å². The first-order chi connectivity index (χ1) is 6.74. The van der Waals surface area contributed by atoms with Gasteiger partial charge in [-0.15, -0.1) is 0 Å². The van der Waals surface area contributed by atoms with Gasteiger partial charge in [0.1, 0.15) is 0 Å². The Morgan fingerprint density at radius 3 is 3.07 bits per heavy atom. The van der Waals surface area contributed by atoms with Gasteiger partial charge in [0.25, 0.3) is 0 Å². The smallest absolute Gasteiger partial charge is 0.0922 e. The second-order valence-corrected chi connectivity index (χ2v) is 4.24. The predicted molar refractivity (Wildman–Crippen MR) is 61.9 cm³/mol. The molecule has 1 aromatic rings. The molecule has 1 atom stereocenters. The van der Waals surface area contributed by atoms with E-state index in [0.717, 1.165) is 5.56 Å². The van der Waals surface area contributed by atoms with Crippen LogP contribution < -0.4 is 5.32 Å². The van der Waals surface area contributed by atoms with Crippen molar-refractivity contribution in [2.24, 2.45) is 0 Å². The quantitative estimate of drug-likeness (QED) is 0.844. The molecule has 0 saturated heterocycles. The van der Waals surface area contributed by atoms with Crippen LogP contribution in [0.5, 0.6) is 0 Å². The number of nitrogens with one attached hydrogen (secondary N) is 1. The third-order valence-corrected chi connectivity index (χ3v) is 3.00. The average Bonchev–Trinajstić information content (AvgIpc) is 2.70. The van der Waals surface area contributed by atoms with Gasteiger partial charge in [-0.05, 0) is 22.4 Å². The van der Waals surface area contributed by atoms with Crippen LogP contribution in [0, 0.1) is 0 Å². The summed E-state index contributed by atoms with van der Waals surface area (Å²) in [7, 11) is 0. The van der Waals surface area contributed by atoms with Gasteiger partial charge in [0.15, 0.2) is 0 Å². The number of aliphatic hydroxyl groups excluding tert-OH is 1. The monoisotopic (exact) mass is 251 g/mol. The van der Waals surface area contributed by atoms with Gasteiger partial charge in [0.2, 0.25) is 0 Å². The van der Waals surface area contributed by atoms with Crippen molar-refractivity contribution in [2.45, 2.75) is 6.10 Å². The van der Waals surface area contributed by atoms with E-state index in [4.69, 9.17) is 23.2 Å². The third-order valence-electron chi connectivity index (χ3n) is 1.68. The number of hydrogen-bond donors (Lipinski definition) is 2. The summed E-state index contributed by atoms with van der Waals surface area (Å²) in [6.45, 7) is 0.948. The molecule has 0 aromatic carbocycles. The maximum atomic E-state index is 9.64. The lowest BCUT2D eigenvalue weighted by atomic mass is 10.2. The minimum Gasteiger partial charge on any atom is -0.387 e. The third kappa shape index (κ3) is 3.98. The normalized spacial score (nSPS) is 14.4. The summed E-state index contributed by atoms with van der Waals surface area (Å²) in [4.78, 5) is 0. The summed E-state index contributed by atoms with van der Waals surface area (Å²) in [5.41, 5.74) is 2.24. The fourth-order valence-electron chi connectivity index (χ4n) is 0.949. The van der Waals surface area contributed by atoms with E-state index in [9.17, 15) is 5.11 Å². The Morgan fingerprint density at radius 1 is 1.71 bits per heavy atom. The molecule has 1 heterocycles. The van der Waals surface area contributed by atoms with Crippen LogP contribution in [0.25, 0.3) is 0 Å². The first kappa shape index (κ1) is 12.0. The lowest BCUT2D eigenvalue weighted by molar-refractivity contribution is 0.176. The summed E-state index contributed by atoms with van der Waals surface area (Å²) < 4.78 is 0. The van der Waals surface area contributed by atoms with Crippen LogP contribution in [-0.4, -0.2) is 18.2 Å². The van der Waals surface area contributed by atoms with Crippen molar-refractivity contribution in [1.82, 2.24) is 5.32 Å². The van der Waals surface area contributed by atoms with Crippen molar-refractivity contribution in [1.29, 1.82) is 0 Å². The summed E-state index contributed by atoms with van der Waals surface area (Å²) in [6.07, 6.45) is -0.485. The van der Waals surface area contributed by atoms with Gasteiger partial charge in [-0.3, -0.25) is 0 Å². The zero-order valence-electron chi connectivity index (χ0n) is 7.41. The Morgan fingerprint density at radius 2 is 2.50 bits per heavy atom. The van der Waals surface area contributed by atoms with Crippen LogP contribution in [0.2, 0.25) is 0 Å². The fourth-order valence-corrected chi connectivity index (χ4v) is 1.83. The molecule has 2 nitrogen and oxygen atoms in total. The lowest BCUT2D eigenvalue weighted by Gasteiger charge is -2.09. The van der Waals surface area contributed by atoms with E-state index >= 15 is 0 Å². The number of halogens is 2. The Labute approximate surface area is 97.2 Å². The molecule has 5 heteroatoms. The van der Waals surface area contributed by atoms with Crippen LogP contribution in [-0.2, 0) is 0 Å². The predicted octanol–water partition coefficient (Wildman–Crippen LogP) is 2.69. The molecule has 0 saturated carbocycles. The van der Waals surface area contributed by atoms with E-state index in [-0.39, 0.29) is 0 Å². The van der Waals surface area contributed by atoms with Crippen molar-refractivity contribution >= 4 is 34.5 Å². The first-order valence-corrected chi connectivity index (χ1v) is 5.85. The number of aliphatic hydroxyl groups is 1. The van der Waals surface area contributed by atoms with Gasteiger partial charge in [-0.2, -0.15) is 11.3 Å². The standard InChI is InChI=1S/C9H11Cl2NOS/c10-3-8(11)4-12-5-9(13)7-1-2-14-6-7/h1-3,6,9,12-13H,4-5H2/b8-3-. The van der Waals surface area contributed by atoms with Crippen molar-refractivity contribution in [3.05, 3.63) is 33.0 Å². The molecule has 1 unspecified atom stereocenters. The molecule has 78 valence electrons. The van der Waals surface area contributed by atoms with E-state index in [1.807, 2.05) is 16.8 Å². The maximum Gasteiger partial charge on any atom is 0.0922 e. The highest BCUT2D eigenvalue weighted by atomic mass is 35.5. The fraction of sp³-hybridized carbons (Fsp3) is 0.333. The molecule has 0 amide bonds. The molecule has 14 heavy (non-hydrogen) atoms. The Balaban J connectivity index is 2.26. The summed E-state index contributed by atoms with van der Waals surface area (Å²) in [6, 6.07) is 1.90. The highest BCUT2D eigenvalue weighted by Crippen LogP contribution is 2.15. The molecule has 0 spiro atoms. The molecule has 0 bridgehead atoms. The van der Waals surface area contributed by atoms with Gasteiger partial charge in [-0.1, -0.05) is 23.2 Å². The summed E-state index contributed by atoms with van der Waals surface area (Å²) in [5.74, 6) is 0. The molecular weight excluding hydrogens is 241 g/mol. The van der Waals surface area contributed by atoms with E-state index in [0.29, 0.717) is 18.1 Å². The van der Waals surface area contributed by atoms with Gasteiger partial charge in [0.05, 0.1) is 6.10 Å². The van der Waals surface area contributed by atoms with E-state index in [1.165, 1.54) is 5.54 Å². The van der Waals surface area contributed by atoms with E-state index < -0.39 is 6.10 Å². The SMILES string of the molecule is OC(CNC/C(Cl)=C/Cl)c1ccsc1. The molecule has 1 rings (SSSR count). The Bertz CT molecular complexity index is 287. The molecule has 0 aliphatic carbocycles. The average molecular weight is 252 g/mol. The minimum atomic E-state index is -0.485. The second kappa shape index (κ2) is 6.43. The number of rotatable bonds is 5. The van der Waals surface area contributed by atoms with Gasteiger partial charge >= 0.3 is 0 Å². The maximum absolute atomic E-state index is 9.64. The van der Waals surface area contributed by atoms with Crippen LogP contribution in [0.4, 0.5) is 0 Å². The topological polar surface area (TPSA) is 32.3 Å². The molecule has 0 fully saturated rings.